The molecule has 62 heavy (non-hydrogen) atoms. The van der Waals surface area contributed by atoms with Gasteiger partial charge in [0.25, 0.3) is 0 Å². The van der Waals surface area contributed by atoms with Crippen molar-refractivity contribution in [2.75, 3.05) is 39.5 Å². The van der Waals surface area contributed by atoms with Crippen LogP contribution in [-0.2, 0) is 28.0 Å². The molecule has 310 valence electrons. The van der Waals surface area contributed by atoms with Crippen molar-refractivity contribution in [3.63, 3.8) is 0 Å². The number of nitrogens with zero attached hydrogens (tertiary/aromatic N) is 7. The van der Waals surface area contributed by atoms with Gasteiger partial charge in [-0.3, -0.25) is 4.98 Å². The summed E-state index contributed by atoms with van der Waals surface area (Å²) in [6.45, 7) is 4.68. The number of benzene rings is 5. The second-order valence-electron chi connectivity index (χ2n) is 14.8. The summed E-state index contributed by atoms with van der Waals surface area (Å²) >= 11 is 0. The van der Waals surface area contributed by atoms with Gasteiger partial charge in [0.1, 0.15) is 31.1 Å². The van der Waals surface area contributed by atoms with E-state index >= 15 is 0 Å². The van der Waals surface area contributed by atoms with Crippen LogP contribution < -0.4 is 9.47 Å². The Labute approximate surface area is 359 Å². The first-order valence-electron chi connectivity index (χ1n) is 20.8. The smallest absolute Gasteiger partial charge is 0.410 e. The van der Waals surface area contributed by atoms with E-state index in [2.05, 4.69) is 73.7 Å². The van der Waals surface area contributed by atoms with Gasteiger partial charge in [0.15, 0.2) is 5.54 Å². The summed E-state index contributed by atoms with van der Waals surface area (Å²) in [4.78, 5) is 25.2. The molecular formula is C50H45N7O5. The standard InChI is InChI=1S/C50H45N7O5/c1-2-41-34-45(47-44(51-41)26-27-46(52-47)60-32-33-61-49(58)56-28-30-59-31-29-56)62-35-36-22-24-37(25-23-36)42-20-12-13-21-43(42)48-53-55-57(54-48)50(38-14-6-3-7-15-38,39-16-8-4-9-17-39)40-18-10-5-11-19-40/h3-27,34H,2,28-33,35H2,1H3. The zero-order valence-electron chi connectivity index (χ0n) is 34.3. The Balaban J connectivity index is 0.944. The van der Waals surface area contributed by atoms with Crippen LogP contribution in [0, 0.1) is 0 Å². The number of amides is 1. The van der Waals surface area contributed by atoms with Gasteiger partial charge in [-0.15, -0.1) is 15.0 Å². The summed E-state index contributed by atoms with van der Waals surface area (Å²) in [5.41, 5.74) is 8.17. The first kappa shape index (κ1) is 40.0. The molecule has 5 aromatic carbocycles. The highest BCUT2D eigenvalue weighted by Crippen LogP contribution is 2.40. The number of hydrogen-bond acceptors (Lipinski definition) is 10. The fourth-order valence-corrected chi connectivity index (χ4v) is 7.82. The molecule has 12 heteroatoms. The van der Waals surface area contributed by atoms with Gasteiger partial charge in [-0.2, -0.15) is 0 Å². The number of aryl methyl sites for hydroxylation is 1. The first-order valence-corrected chi connectivity index (χ1v) is 20.8. The van der Waals surface area contributed by atoms with Crippen LogP contribution in [0.4, 0.5) is 4.79 Å². The van der Waals surface area contributed by atoms with Crippen LogP contribution in [0.3, 0.4) is 0 Å². The molecule has 1 amide bonds. The van der Waals surface area contributed by atoms with Gasteiger partial charge in [-0.1, -0.05) is 146 Å². The van der Waals surface area contributed by atoms with Gasteiger partial charge in [-0.25, -0.2) is 9.78 Å². The van der Waals surface area contributed by atoms with Crippen molar-refractivity contribution < 1.29 is 23.7 Å². The van der Waals surface area contributed by atoms with Crippen LogP contribution in [0.1, 0.15) is 34.9 Å². The maximum Gasteiger partial charge on any atom is 0.410 e. The molecule has 0 spiro atoms. The van der Waals surface area contributed by atoms with Crippen LogP contribution in [-0.4, -0.2) is 80.7 Å². The Kier molecular flexibility index (Phi) is 11.9. The maximum absolute atomic E-state index is 12.3. The Hall–Kier alpha value is -7.44. The van der Waals surface area contributed by atoms with E-state index in [9.17, 15) is 4.79 Å². The van der Waals surface area contributed by atoms with Crippen molar-refractivity contribution >= 4 is 17.1 Å². The highest BCUT2D eigenvalue weighted by molar-refractivity contribution is 5.82. The number of morpholine rings is 1. The largest absolute Gasteiger partial charge is 0.486 e. The second-order valence-corrected chi connectivity index (χ2v) is 14.8. The van der Waals surface area contributed by atoms with E-state index in [1.165, 1.54) is 0 Å². The molecule has 0 unspecified atom stereocenters. The number of carbonyl (C=O) groups is 1. The molecule has 1 fully saturated rings. The van der Waals surface area contributed by atoms with Crippen molar-refractivity contribution in [1.29, 1.82) is 0 Å². The lowest BCUT2D eigenvalue weighted by Gasteiger charge is -2.34. The fraction of sp³-hybridized carbons (Fsp3) is 0.200. The van der Waals surface area contributed by atoms with Gasteiger partial charge >= 0.3 is 6.09 Å². The molecule has 1 aliphatic heterocycles. The highest BCUT2D eigenvalue weighted by atomic mass is 16.6. The number of ether oxygens (including phenoxy) is 4. The lowest BCUT2D eigenvalue weighted by Crippen LogP contribution is -2.41. The number of hydrogen-bond donors (Lipinski definition) is 0. The monoisotopic (exact) mass is 823 g/mol. The van der Waals surface area contributed by atoms with Gasteiger partial charge in [0.2, 0.25) is 11.7 Å². The third-order valence-corrected chi connectivity index (χ3v) is 10.9. The zero-order chi connectivity index (χ0) is 42.1. The van der Waals surface area contributed by atoms with E-state index in [4.69, 9.17) is 44.3 Å². The van der Waals surface area contributed by atoms with Crippen molar-refractivity contribution in [3.8, 4) is 34.1 Å². The van der Waals surface area contributed by atoms with E-state index in [1.54, 1.807) is 15.8 Å². The van der Waals surface area contributed by atoms with Gasteiger partial charge in [0.05, 0.1) is 18.7 Å². The third kappa shape index (κ3) is 8.32. The number of fused-ring (bicyclic) bond motifs is 1. The molecule has 1 aliphatic rings. The molecule has 1 saturated heterocycles. The van der Waals surface area contributed by atoms with Crippen LogP contribution >= 0.6 is 0 Å². The molecule has 0 saturated carbocycles. The Morgan fingerprint density at radius 3 is 1.97 bits per heavy atom. The topological polar surface area (TPSA) is 127 Å². The van der Waals surface area contributed by atoms with Crippen LogP contribution in [0.25, 0.3) is 33.5 Å². The Bertz CT molecular complexity index is 2650. The molecule has 0 bridgehead atoms. The zero-order valence-corrected chi connectivity index (χ0v) is 34.3. The predicted octanol–water partition coefficient (Wildman–Crippen LogP) is 8.78. The minimum Gasteiger partial charge on any atom is -0.486 e. The normalized spacial score (nSPS) is 12.9. The summed E-state index contributed by atoms with van der Waals surface area (Å²) < 4.78 is 23.0. The summed E-state index contributed by atoms with van der Waals surface area (Å²) in [5.74, 6) is 1.51. The molecule has 3 aromatic heterocycles. The molecule has 9 rings (SSSR count). The van der Waals surface area contributed by atoms with Crippen molar-refractivity contribution in [3.05, 3.63) is 186 Å². The highest BCUT2D eigenvalue weighted by Gasteiger charge is 2.41. The quantitative estimate of drug-likeness (QED) is 0.0776. The van der Waals surface area contributed by atoms with Crippen molar-refractivity contribution in [2.24, 2.45) is 0 Å². The van der Waals surface area contributed by atoms with E-state index in [0.29, 0.717) is 61.4 Å². The molecule has 4 heterocycles. The lowest BCUT2D eigenvalue weighted by atomic mass is 9.77. The second kappa shape index (κ2) is 18.4. The molecule has 0 atom stereocenters. The molecule has 8 aromatic rings. The van der Waals surface area contributed by atoms with Crippen LogP contribution in [0.15, 0.2) is 158 Å². The third-order valence-electron chi connectivity index (χ3n) is 10.9. The average Bonchev–Trinajstić information content (AvgIpc) is 3.84. The van der Waals surface area contributed by atoms with Gasteiger partial charge in [-0.05, 0) is 51.1 Å². The SMILES string of the molecule is CCc1cc(OCc2ccc(-c3ccccc3-c3nnn(C(c4ccccc4)(c4ccccc4)c4ccccc4)n3)cc2)c2nc(OCCOC(=O)N3CCOCC3)ccc2n1. The summed E-state index contributed by atoms with van der Waals surface area (Å²) in [7, 11) is 0. The summed E-state index contributed by atoms with van der Waals surface area (Å²) in [6.07, 6.45) is 0.365. The molecule has 0 N–H and O–H groups in total. The number of aromatic nitrogens is 6. The first-order chi connectivity index (χ1) is 30.6. The average molecular weight is 824 g/mol. The fourth-order valence-electron chi connectivity index (χ4n) is 7.82. The van der Waals surface area contributed by atoms with E-state index in [-0.39, 0.29) is 19.3 Å². The van der Waals surface area contributed by atoms with E-state index in [0.717, 1.165) is 51.1 Å². The minimum atomic E-state index is -0.881. The van der Waals surface area contributed by atoms with E-state index in [1.807, 2.05) is 84.9 Å². The summed E-state index contributed by atoms with van der Waals surface area (Å²) in [6, 6.07) is 53.0. The Morgan fingerprint density at radius 2 is 1.32 bits per heavy atom. The minimum absolute atomic E-state index is 0.0981. The summed E-state index contributed by atoms with van der Waals surface area (Å²) in [5, 5.41) is 14.7. The molecular weight excluding hydrogens is 779 g/mol. The van der Waals surface area contributed by atoms with Crippen LogP contribution in [0.2, 0.25) is 0 Å². The molecule has 0 aliphatic carbocycles. The van der Waals surface area contributed by atoms with Crippen LogP contribution in [0.5, 0.6) is 11.6 Å². The lowest BCUT2D eigenvalue weighted by molar-refractivity contribution is 0.0238. The number of pyridine rings is 2. The van der Waals surface area contributed by atoms with Gasteiger partial charge < -0.3 is 23.8 Å². The number of tetrazole rings is 1. The molecule has 0 radical (unpaired) electrons. The Morgan fingerprint density at radius 1 is 0.694 bits per heavy atom. The predicted molar refractivity (Wildman–Crippen MR) is 236 cm³/mol. The number of carbonyl (C=O) groups excluding carboxylic acids is 1. The van der Waals surface area contributed by atoms with Crippen molar-refractivity contribution in [1.82, 2.24) is 35.1 Å². The number of rotatable bonds is 14. The molecule has 12 nitrogen and oxygen atoms in total. The van der Waals surface area contributed by atoms with Crippen molar-refractivity contribution in [2.45, 2.75) is 25.5 Å². The maximum atomic E-state index is 12.3. The van der Waals surface area contributed by atoms with Gasteiger partial charge in [0, 0.05) is 36.5 Å². The van der Waals surface area contributed by atoms with E-state index < -0.39 is 5.54 Å².